The van der Waals surface area contributed by atoms with E-state index in [4.69, 9.17) is 0 Å². The third kappa shape index (κ3) is 7.73. The maximum atomic E-state index is 2.53. The maximum absolute atomic E-state index is 2.53. The van der Waals surface area contributed by atoms with E-state index in [9.17, 15) is 0 Å². The van der Waals surface area contributed by atoms with E-state index in [1.165, 1.54) is 82.0 Å². The standard InChI is InChI=1S/C21H33N.HI/c1-2-3-4-5-6-7-8-9-10-13-18-22-19-14-16-20-15-11-12-17-21(20)22;/h11-12,14-17H,2-10,13,18-19H2,1H3;1H. The smallest absolute Gasteiger partial charge is 0.0442 e. The fraction of sp³-hybridized carbons (Fsp3) is 0.619. The van der Waals surface area contributed by atoms with Crippen molar-refractivity contribution in [2.24, 2.45) is 0 Å². The van der Waals surface area contributed by atoms with Gasteiger partial charge in [-0.05, 0) is 18.1 Å². The summed E-state index contributed by atoms with van der Waals surface area (Å²) in [6.07, 6.45) is 18.7. The molecule has 0 saturated carbocycles. The van der Waals surface area contributed by atoms with Gasteiger partial charge in [0.15, 0.2) is 0 Å². The second kappa shape index (κ2) is 12.9. The van der Waals surface area contributed by atoms with Crippen LogP contribution in [-0.2, 0) is 0 Å². The zero-order chi connectivity index (χ0) is 15.5. The van der Waals surface area contributed by atoms with Gasteiger partial charge >= 0.3 is 0 Å². The van der Waals surface area contributed by atoms with Gasteiger partial charge in [-0.3, -0.25) is 0 Å². The average molecular weight is 427 g/mol. The normalized spacial score (nSPS) is 12.8. The molecule has 1 aromatic rings. The van der Waals surface area contributed by atoms with Crippen LogP contribution in [0.1, 0.15) is 76.7 Å². The SMILES string of the molecule is CCCCCCCCCCCCN1CC=Cc2ccccc21.I. The number of para-hydroxylation sites is 1. The van der Waals surface area contributed by atoms with E-state index < -0.39 is 0 Å². The minimum Gasteiger partial charge on any atom is -0.367 e. The molecule has 23 heavy (non-hydrogen) atoms. The van der Waals surface area contributed by atoms with Gasteiger partial charge in [0.1, 0.15) is 0 Å². The molecular weight excluding hydrogens is 393 g/mol. The Morgan fingerprint density at radius 1 is 0.826 bits per heavy atom. The lowest BCUT2D eigenvalue weighted by Crippen LogP contribution is -2.26. The molecule has 1 aromatic carbocycles. The molecule has 1 aliphatic heterocycles. The Labute approximate surface area is 160 Å². The van der Waals surface area contributed by atoms with Gasteiger partial charge in [0.25, 0.3) is 0 Å². The van der Waals surface area contributed by atoms with Crippen molar-refractivity contribution in [1.82, 2.24) is 0 Å². The molecule has 0 N–H and O–H groups in total. The number of benzene rings is 1. The molecule has 1 aliphatic rings. The molecule has 0 fully saturated rings. The Morgan fingerprint density at radius 2 is 1.43 bits per heavy atom. The van der Waals surface area contributed by atoms with Crippen LogP contribution in [0.2, 0.25) is 0 Å². The van der Waals surface area contributed by atoms with Crippen molar-refractivity contribution in [3.05, 3.63) is 35.9 Å². The van der Waals surface area contributed by atoms with E-state index in [1.807, 2.05) is 0 Å². The number of nitrogens with zero attached hydrogens (tertiary/aromatic N) is 1. The first-order chi connectivity index (χ1) is 10.9. The van der Waals surface area contributed by atoms with Gasteiger partial charge in [0.2, 0.25) is 0 Å². The summed E-state index contributed by atoms with van der Waals surface area (Å²) in [6.45, 7) is 4.57. The van der Waals surface area contributed by atoms with Gasteiger partial charge in [-0.2, -0.15) is 0 Å². The molecule has 1 nitrogen and oxygen atoms in total. The van der Waals surface area contributed by atoms with Gasteiger partial charge in [0, 0.05) is 18.8 Å². The van der Waals surface area contributed by atoms with Crippen LogP contribution in [-0.4, -0.2) is 13.1 Å². The molecule has 0 radical (unpaired) electrons. The second-order valence-electron chi connectivity index (χ2n) is 6.59. The molecule has 0 spiro atoms. The highest BCUT2D eigenvalue weighted by molar-refractivity contribution is 14.0. The number of anilines is 1. The summed E-state index contributed by atoms with van der Waals surface area (Å²) >= 11 is 0. The third-order valence-corrected chi connectivity index (χ3v) is 4.68. The lowest BCUT2D eigenvalue weighted by atomic mass is 10.1. The monoisotopic (exact) mass is 427 g/mol. The molecule has 0 unspecified atom stereocenters. The second-order valence-corrected chi connectivity index (χ2v) is 6.59. The molecule has 0 atom stereocenters. The molecule has 1 heterocycles. The molecule has 0 aliphatic carbocycles. The summed E-state index contributed by atoms with van der Waals surface area (Å²) in [6, 6.07) is 8.77. The van der Waals surface area contributed by atoms with Crippen molar-refractivity contribution in [2.45, 2.75) is 71.1 Å². The molecule has 0 amide bonds. The highest BCUT2D eigenvalue weighted by Gasteiger charge is 2.11. The summed E-state index contributed by atoms with van der Waals surface area (Å²) in [7, 11) is 0. The lowest BCUT2D eigenvalue weighted by Gasteiger charge is -2.28. The molecular formula is C21H34IN. The predicted octanol–water partition coefficient (Wildman–Crippen LogP) is 7.06. The van der Waals surface area contributed by atoms with E-state index in [0.29, 0.717) is 0 Å². The van der Waals surface area contributed by atoms with Crippen molar-refractivity contribution in [3.8, 4) is 0 Å². The van der Waals surface area contributed by atoms with Crippen LogP contribution in [0.25, 0.3) is 6.08 Å². The van der Waals surface area contributed by atoms with E-state index in [1.54, 1.807) is 0 Å². The predicted molar refractivity (Wildman–Crippen MR) is 115 cm³/mol. The molecule has 2 heteroatoms. The highest BCUT2D eigenvalue weighted by atomic mass is 127. The van der Waals surface area contributed by atoms with Crippen LogP contribution < -0.4 is 4.90 Å². The molecule has 130 valence electrons. The van der Waals surface area contributed by atoms with Crippen molar-refractivity contribution in [1.29, 1.82) is 0 Å². The van der Waals surface area contributed by atoms with Gasteiger partial charge in [-0.15, -0.1) is 24.0 Å². The maximum Gasteiger partial charge on any atom is 0.0442 e. The first-order valence-corrected chi connectivity index (χ1v) is 9.42. The van der Waals surface area contributed by atoms with Crippen molar-refractivity contribution in [3.63, 3.8) is 0 Å². The fourth-order valence-corrected chi connectivity index (χ4v) is 3.32. The quantitative estimate of drug-likeness (QED) is 0.270. The first-order valence-electron chi connectivity index (χ1n) is 9.42. The Bertz CT molecular complexity index is 441. The topological polar surface area (TPSA) is 3.24 Å². The zero-order valence-electron chi connectivity index (χ0n) is 14.8. The third-order valence-electron chi connectivity index (χ3n) is 4.68. The zero-order valence-corrected chi connectivity index (χ0v) is 17.1. The lowest BCUT2D eigenvalue weighted by molar-refractivity contribution is 0.555. The Hall–Kier alpha value is -0.510. The van der Waals surface area contributed by atoms with Gasteiger partial charge in [0.05, 0.1) is 0 Å². The van der Waals surface area contributed by atoms with E-state index in [-0.39, 0.29) is 24.0 Å². The minimum atomic E-state index is 0. The average Bonchev–Trinajstić information content (AvgIpc) is 2.56. The minimum absolute atomic E-state index is 0. The van der Waals surface area contributed by atoms with Crippen LogP contribution in [0.3, 0.4) is 0 Å². The molecule has 0 aromatic heterocycles. The van der Waals surface area contributed by atoms with Crippen molar-refractivity contribution >= 4 is 35.7 Å². The van der Waals surface area contributed by atoms with Gasteiger partial charge in [-0.25, -0.2) is 0 Å². The first kappa shape index (κ1) is 20.5. The largest absolute Gasteiger partial charge is 0.367 e. The van der Waals surface area contributed by atoms with Gasteiger partial charge in [-0.1, -0.05) is 95.1 Å². The molecule has 0 saturated heterocycles. The molecule has 2 rings (SSSR count). The number of hydrogen-bond acceptors (Lipinski definition) is 1. The van der Waals surface area contributed by atoms with Crippen molar-refractivity contribution in [2.75, 3.05) is 18.0 Å². The Kier molecular flexibility index (Phi) is 11.5. The number of fused-ring (bicyclic) bond motifs is 1. The number of rotatable bonds is 11. The Balaban J connectivity index is 0.00000264. The summed E-state index contributed by atoms with van der Waals surface area (Å²) in [5.41, 5.74) is 2.79. The van der Waals surface area contributed by atoms with E-state index in [0.717, 1.165) is 6.54 Å². The summed E-state index contributed by atoms with van der Waals surface area (Å²) in [5.74, 6) is 0. The number of hydrogen-bond donors (Lipinski definition) is 0. The van der Waals surface area contributed by atoms with Crippen molar-refractivity contribution < 1.29 is 0 Å². The summed E-state index contributed by atoms with van der Waals surface area (Å²) < 4.78 is 0. The number of unbranched alkanes of at least 4 members (excludes halogenated alkanes) is 9. The summed E-state index contributed by atoms with van der Waals surface area (Å²) in [4.78, 5) is 2.53. The van der Waals surface area contributed by atoms with Crippen LogP contribution in [0.5, 0.6) is 0 Å². The highest BCUT2D eigenvalue weighted by Crippen LogP contribution is 2.25. The van der Waals surface area contributed by atoms with E-state index >= 15 is 0 Å². The van der Waals surface area contributed by atoms with Crippen LogP contribution >= 0.6 is 24.0 Å². The van der Waals surface area contributed by atoms with Crippen LogP contribution in [0.4, 0.5) is 5.69 Å². The molecule has 0 bridgehead atoms. The number of halogens is 1. The van der Waals surface area contributed by atoms with Gasteiger partial charge < -0.3 is 4.90 Å². The fourth-order valence-electron chi connectivity index (χ4n) is 3.32. The van der Waals surface area contributed by atoms with E-state index in [2.05, 4.69) is 48.2 Å². The van der Waals surface area contributed by atoms with Crippen LogP contribution in [0, 0.1) is 0 Å². The summed E-state index contributed by atoms with van der Waals surface area (Å²) in [5, 5.41) is 0. The Morgan fingerprint density at radius 3 is 2.13 bits per heavy atom. The van der Waals surface area contributed by atoms with Crippen LogP contribution in [0.15, 0.2) is 30.3 Å².